The first kappa shape index (κ1) is 24.0. The number of anilines is 1. The topological polar surface area (TPSA) is 113 Å². The summed E-state index contributed by atoms with van der Waals surface area (Å²) in [5.74, 6) is 0.387. The second kappa shape index (κ2) is 10.9. The van der Waals surface area contributed by atoms with Crippen molar-refractivity contribution in [3.05, 3.63) is 71.0 Å². The van der Waals surface area contributed by atoms with Gasteiger partial charge in [0.25, 0.3) is 11.1 Å². The number of carbonyl (C=O) groups excluding carboxylic acids is 2. The maximum atomic E-state index is 13.9. The van der Waals surface area contributed by atoms with Crippen molar-refractivity contribution in [3.63, 3.8) is 0 Å². The Kier molecular flexibility index (Phi) is 7.28. The quantitative estimate of drug-likeness (QED) is 0.467. The van der Waals surface area contributed by atoms with Gasteiger partial charge in [-0.25, -0.2) is 14.4 Å². The van der Waals surface area contributed by atoms with E-state index < -0.39 is 5.91 Å². The lowest BCUT2D eigenvalue weighted by Crippen LogP contribution is -2.38. The molecule has 0 bridgehead atoms. The average molecular weight is 506 g/mol. The largest absolute Gasteiger partial charge is 0.341 e. The lowest BCUT2D eigenvalue weighted by molar-refractivity contribution is -0.115. The Morgan fingerprint density at radius 2 is 1.97 bits per heavy atom. The van der Waals surface area contributed by atoms with Crippen molar-refractivity contribution in [1.29, 1.82) is 0 Å². The Morgan fingerprint density at radius 1 is 1.11 bits per heavy atom. The minimum Gasteiger partial charge on any atom is -0.341 e. The second-order valence-electron chi connectivity index (χ2n) is 8.60. The van der Waals surface area contributed by atoms with Crippen molar-refractivity contribution in [2.45, 2.75) is 19.4 Å². The monoisotopic (exact) mass is 505 g/mol. The summed E-state index contributed by atoms with van der Waals surface area (Å²) in [4.78, 5) is 42.7. The standard InChI is InChI=1S/C25H24FN7O2S/c26-20-15-27-7-4-19(20)21-2-1-17(14-30-21)13-28-12-16-5-9-33(10-6-16)24-29-8-3-18(31-24)11-22-23(34)32-25(35)36-22/h1-4,7-8,11,14-16,28H,5-6,9-10,12-13H2,(H,32,34,35). The van der Waals surface area contributed by atoms with E-state index in [4.69, 9.17) is 0 Å². The summed E-state index contributed by atoms with van der Waals surface area (Å²) in [6.45, 7) is 3.27. The molecule has 0 radical (unpaired) electrons. The minimum atomic E-state index is -0.396. The zero-order valence-electron chi connectivity index (χ0n) is 19.4. The number of nitrogens with one attached hydrogen (secondary N) is 2. The molecule has 3 aromatic heterocycles. The van der Waals surface area contributed by atoms with Crippen LogP contribution in [0.3, 0.4) is 0 Å². The van der Waals surface area contributed by atoms with E-state index in [2.05, 4.69) is 35.5 Å². The Balaban J connectivity index is 1.09. The summed E-state index contributed by atoms with van der Waals surface area (Å²) in [6.07, 6.45) is 9.82. The van der Waals surface area contributed by atoms with Crippen LogP contribution in [0.4, 0.5) is 15.1 Å². The van der Waals surface area contributed by atoms with E-state index in [0.717, 1.165) is 49.8 Å². The maximum Gasteiger partial charge on any atom is 0.290 e. The van der Waals surface area contributed by atoms with E-state index in [1.165, 1.54) is 6.20 Å². The third-order valence-electron chi connectivity index (χ3n) is 6.12. The summed E-state index contributed by atoms with van der Waals surface area (Å²) < 4.78 is 13.9. The Hall–Kier alpha value is -3.70. The summed E-state index contributed by atoms with van der Waals surface area (Å²) >= 11 is 0.876. The highest BCUT2D eigenvalue weighted by Gasteiger charge is 2.25. The fraction of sp³-hybridized carbons (Fsp3) is 0.280. The van der Waals surface area contributed by atoms with Crippen LogP contribution in [0.5, 0.6) is 0 Å². The number of halogens is 1. The molecule has 0 saturated carbocycles. The normalized spacial score (nSPS) is 17.6. The van der Waals surface area contributed by atoms with Crippen LogP contribution in [0.1, 0.15) is 24.1 Å². The van der Waals surface area contributed by atoms with Crippen LogP contribution >= 0.6 is 11.8 Å². The third kappa shape index (κ3) is 5.74. The summed E-state index contributed by atoms with van der Waals surface area (Å²) in [5, 5.41) is 5.38. The van der Waals surface area contributed by atoms with Crippen molar-refractivity contribution in [2.75, 3.05) is 24.5 Å². The van der Waals surface area contributed by atoms with Crippen molar-refractivity contribution < 1.29 is 14.0 Å². The van der Waals surface area contributed by atoms with Crippen LogP contribution in [0.25, 0.3) is 17.3 Å². The van der Waals surface area contributed by atoms with Crippen LogP contribution in [0.15, 0.2) is 54.0 Å². The number of hydrogen-bond acceptors (Lipinski definition) is 9. The molecule has 5 heterocycles. The Bertz CT molecular complexity index is 1290. The summed E-state index contributed by atoms with van der Waals surface area (Å²) in [6, 6.07) is 7.13. The fourth-order valence-electron chi connectivity index (χ4n) is 4.18. The van der Waals surface area contributed by atoms with Crippen molar-refractivity contribution in [2.24, 2.45) is 5.92 Å². The average Bonchev–Trinajstić information content (AvgIpc) is 3.21. The van der Waals surface area contributed by atoms with Gasteiger partial charge in [0.15, 0.2) is 5.82 Å². The molecule has 2 N–H and O–H groups in total. The number of piperidine rings is 1. The van der Waals surface area contributed by atoms with Gasteiger partial charge in [-0.2, -0.15) is 0 Å². The van der Waals surface area contributed by atoms with E-state index in [1.54, 1.807) is 36.8 Å². The van der Waals surface area contributed by atoms with E-state index in [1.807, 2.05) is 12.1 Å². The highest BCUT2D eigenvalue weighted by molar-refractivity contribution is 8.18. The van der Waals surface area contributed by atoms with E-state index in [0.29, 0.717) is 40.3 Å². The molecule has 36 heavy (non-hydrogen) atoms. The lowest BCUT2D eigenvalue weighted by Gasteiger charge is -2.32. The number of amides is 2. The van der Waals surface area contributed by atoms with Crippen LogP contribution in [-0.2, 0) is 11.3 Å². The number of hydrogen-bond donors (Lipinski definition) is 2. The molecule has 2 aliphatic rings. The van der Waals surface area contributed by atoms with Gasteiger partial charge < -0.3 is 10.2 Å². The van der Waals surface area contributed by atoms with Gasteiger partial charge in [-0.1, -0.05) is 6.07 Å². The zero-order valence-corrected chi connectivity index (χ0v) is 20.2. The number of pyridine rings is 2. The third-order valence-corrected chi connectivity index (χ3v) is 6.93. The SMILES string of the molecule is O=C1NC(=O)C(=Cc2ccnc(N3CCC(CNCc4ccc(-c5ccncc5F)nc4)CC3)n2)S1. The number of rotatable bonds is 7. The molecule has 5 rings (SSSR count). The predicted molar refractivity (Wildman–Crippen MR) is 135 cm³/mol. The molecule has 0 aliphatic carbocycles. The molecule has 2 aliphatic heterocycles. The highest BCUT2D eigenvalue weighted by atomic mass is 32.2. The lowest BCUT2D eigenvalue weighted by atomic mass is 9.97. The van der Waals surface area contributed by atoms with Crippen LogP contribution in [-0.4, -0.2) is 50.7 Å². The van der Waals surface area contributed by atoms with Gasteiger partial charge in [-0.05, 0) is 66.9 Å². The van der Waals surface area contributed by atoms with Gasteiger partial charge in [0, 0.05) is 43.8 Å². The van der Waals surface area contributed by atoms with E-state index in [-0.39, 0.29) is 11.1 Å². The second-order valence-corrected chi connectivity index (χ2v) is 9.62. The first-order chi connectivity index (χ1) is 17.5. The first-order valence-corrected chi connectivity index (χ1v) is 12.5. The van der Waals surface area contributed by atoms with Crippen molar-refractivity contribution in [3.8, 4) is 11.3 Å². The minimum absolute atomic E-state index is 0.337. The molecule has 11 heteroatoms. The fourth-order valence-corrected chi connectivity index (χ4v) is 4.85. The van der Waals surface area contributed by atoms with E-state index >= 15 is 0 Å². The van der Waals surface area contributed by atoms with Gasteiger partial charge in [-0.15, -0.1) is 0 Å². The molecule has 184 valence electrons. The molecular formula is C25H24FN7O2S. The first-order valence-electron chi connectivity index (χ1n) is 11.6. The molecule has 3 aromatic rings. The highest BCUT2D eigenvalue weighted by Crippen LogP contribution is 2.26. The number of aromatic nitrogens is 4. The molecule has 0 spiro atoms. The van der Waals surface area contributed by atoms with Gasteiger partial charge >= 0.3 is 0 Å². The molecule has 2 amide bonds. The van der Waals surface area contributed by atoms with Crippen molar-refractivity contribution in [1.82, 2.24) is 30.6 Å². The van der Waals surface area contributed by atoms with Crippen LogP contribution < -0.4 is 15.5 Å². The zero-order chi connectivity index (χ0) is 24.9. The van der Waals surface area contributed by atoms with Crippen LogP contribution in [0, 0.1) is 11.7 Å². The Morgan fingerprint density at radius 3 is 2.69 bits per heavy atom. The summed E-state index contributed by atoms with van der Waals surface area (Å²) in [7, 11) is 0. The van der Waals surface area contributed by atoms with Gasteiger partial charge in [0.1, 0.15) is 0 Å². The Labute approximate surface area is 211 Å². The molecule has 9 nitrogen and oxygen atoms in total. The van der Waals surface area contributed by atoms with Gasteiger partial charge in [0.2, 0.25) is 5.95 Å². The molecule has 0 unspecified atom stereocenters. The molecule has 0 aromatic carbocycles. The smallest absolute Gasteiger partial charge is 0.290 e. The maximum absolute atomic E-state index is 13.9. The van der Waals surface area contributed by atoms with Gasteiger partial charge in [-0.3, -0.25) is 24.9 Å². The molecule has 0 atom stereocenters. The molecular weight excluding hydrogens is 481 g/mol. The van der Waals surface area contributed by atoms with E-state index in [9.17, 15) is 14.0 Å². The number of nitrogens with zero attached hydrogens (tertiary/aromatic N) is 5. The number of carbonyl (C=O) groups is 2. The molecule has 2 fully saturated rings. The number of thioether (sulfide) groups is 1. The summed E-state index contributed by atoms with van der Waals surface area (Å²) in [5.41, 5.74) is 2.68. The van der Waals surface area contributed by atoms with Gasteiger partial charge in [0.05, 0.1) is 22.5 Å². The van der Waals surface area contributed by atoms with Crippen LogP contribution in [0.2, 0.25) is 0 Å². The number of imide groups is 1. The molecule has 2 saturated heterocycles. The predicted octanol–water partition coefficient (Wildman–Crippen LogP) is 3.40. The van der Waals surface area contributed by atoms with Crippen molar-refractivity contribution >= 4 is 34.9 Å².